The predicted octanol–water partition coefficient (Wildman–Crippen LogP) is 6.71. The lowest BCUT2D eigenvalue weighted by Gasteiger charge is -2.12. The Balaban J connectivity index is 1.53. The van der Waals surface area contributed by atoms with Crippen molar-refractivity contribution in [3.8, 4) is 11.4 Å². The Labute approximate surface area is 197 Å². The standard InChI is InChI=1S/C26H20F6N2O/c1-35-9-8-16-13-33-25(34-14-16)19-6-7-20-18(12-19)5-4-17(24(20)29)3-2-15-10-21(27)23(22(28)11-15)26(30,31)32/h4-7,10-14H,2-3,8-9H2,1H3. The highest BCUT2D eigenvalue weighted by Crippen LogP contribution is 2.34. The first-order chi connectivity index (χ1) is 16.7. The number of benzene rings is 3. The second kappa shape index (κ2) is 10.0. The number of aryl methyl sites for hydroxylation is 2. The molecule has 0 saturated heterocycles. The van der Waals surface area contributed by atoms with Crippen molar-refractivity contribution in [1.82, 2.24) is 9.97 Å². The summed E-state index contributed by atoms with van der Waals surface area (Å²) in [6.07, 6.45) is -0.999. The van der Waals surface area contributed by atoms with E-state index in [0.29, 0.717) is 47.3 Å². The van der Waals surface area contributed by atoms with Gasteiger partial charge in [0, 0.05) is 30.5 Å². The average Bonchev–Trinajstić information content (AvgIpc) is 2.81. The molecule has 0 fully saturated rings. The maximum absolute atomic E-state index is 15.1. The number of rotatable bonds is 7. The molecular formula is C26H20F6N2O. The summed E-state index contributed by atoms with van der Waals surface area (Å²) >= 11 is 0. The van der Waals surface area contributed by atoms with Gasteiger partial charge in [-0.15, -0.1) is 0 Å². The minimum absolute atomic E-state index is 0.00828. The zero-order valence-corrected chi connectivity index (χ0v) is 18.6. The fourth-order valence-electron chi connectivity index (χ4n) is 3.84. The van der Waals surface area contributed by atoms with Crippen molar-refractivity contribution in [2.45, 2.75) is 25.4 Å². The quantitative estimate of drug-likeness (QED) is 0.270. The van der Waals surface area contributed by atoms with E-state index in [9.17, 15) is 22.0 Å². The van der Waals surface area contributed by atoms with E-state index in [1.165, 1.54) is 0 Å². The van der Waals surface area contributed by atoms with Crippen LogP contribution in [0.1, 0.15) is 22.3 Å². The molecule has 4 rings (SSSR count). The molecule has 0 saturated carbocycles. The van der Waals surface area contributed by atoms with Crippen molar-refractivity contribution < 1.29 is 31.1 Å². The summed E-state index contributed by atoms with van der Waals surface area (Å²) in [5.74, 6) is -3.39. The number of fused-ring (bicyclic) bond motifs is 1. The van der Waals surface area contributed by atoms with E-state index in [1.807, 2.05) is 0 Å². The summed E-state index contributed by atoms with van der Waals surface area (Å²) < 4.78 is 86.1. The largest absolute Gasteiger partial charge is 0.422 e. The first-order valence-electron chi connectivity index (χ1n) is 10.7. The van der Waals surface area contributed by atoms with E-state index in [-0.39, 0.29) is 24.0 Å². The monoisotopic (exact) mass is 490 g/mol. The van der Waals surface area contributed by atoms with Crippen LogP contribution < -0.4 is 0 Å². The van der Waals surface area contributed by atoms with Crippen molar-refractivity contribution in [1.29, 1.82) is 0 Å². The Morgan fingerprint density at radius 1 is 0.800 bits per heavy atom. The van der Waals surface area contributed by atoms with Crippen molar-refractivity contribution in [2.75, 3.05) is 13.7 Å². The van der Waals surface area contributed by atoms with E-state index in [2.05, 4.69) is 9.97 Å². The van der Waals surface area contributed by atoms with Gasteiger partial charge >= 0.3 is 6.18 Å². The molecule has 3 nitrogen and oxygen atoms in total. The second-order valence-corrected chi connectivity index (χ2v) is 8.06. The molecule has 0 aliphatic rings. The van der Waals surface area contributed by atoms with Gasteiger partial charge in [-0.1, -0.05) is 24.3 Å². The first-order valence-corrected chi connectivity index (χ1v) is 10.7. The lowest BCUT2D eigenvalue weighted by molar-refractivity contribution is -0.142. The molecule has 0 N–H and O–H groups in total. The highest BCUT2D eigenvalue weighted by Gasteiger charge is 2.37. The molecule has 0 aliphatic carbocycles. The van der Waals surface area contributed by atoms with E-state index >= 15 is 4.39 Å². The zero-order valence-electron chi connectivity index (χ0n) is 18.6. The third kappa shape index (κ3) is 5.45. The number of hydrogen-bond acceptors (Lipinski definition) is 3. The number of methoxy groups -OCH3 is 1. The lowest BCUT2D eigenvalue weighted by Crippen LogP contribution is -2.12. The van der Waals surface area contributed by atoms with Crippen LogP contribution in [0.3, 0.4) is 0 Å². The Morgan fingerprint density at radius 3 is 2.11 bits per heavy atom. The molecule has 0 aliphatic heterocycles. The Morgan fingerprint density at radius 2 is 1.49 bits per heavy atom. The van der Waals surface area contributed by atoms with Crippen LogP contribution in [0.2, 0.25) is 0 Å². The Bertz CT molecular complexity index is 1330. The van der Waals surface area contributed by atoms with Crippen LogP contribution in [0.4, 0.5) is 26.3 Å². The summed E-state index contributed by atoms with van der Waals surface area (Å²) in [5.41, 5.74) is -0.000263. The van der Waals surface area contributed by atoms with Crippen LogP contribution in [0.15, 0.2) is 54.9 Å². The summed E-state index contributed by atoms with van der Waals surface area (Å²) in [6, 6.07) is 9.58. The fourth-order valence-corrected chi connectivity index (χ4v) is 3.84. The molecule has 3 aromatic carbocycles. The number of alkyl halides is 3. The van der Waals surface area contributed by atoms with E-state index in [1.54, 1.807) is 49.8 Å². The normalized spacial score (nSPS) is 11.9. The molecule has 0 bridgehead atoms. The molecule has 0 unspecified atom stereocenters. The number of halogens is 6. The van der Waals surface area contributed by atoms with Crippen LogP contribution in [0.25, 0.3) is 22.2 Å². The van der Waals surface area contributed by atoms with Crippen molar-refractivity contribution in [3.05, 3.63) is 94.6 Å². The molecule has 182 valence electrons. The topological polar surface area (TPSA) is 35.0 Å². The average molecular weight is 490 g/mol. The van der Waals surface area contributed by atoms with Crippen molar-refractivity contribution in [2.24, 2.45) is 0 Å². The molecule has 0 spiro atoms. The zero-order chi connectivity index (χ0) is 25.2. The summed E-state index contributed by atoms with van der Waals surface area (Å²) in [7, 11) is 1.61. The fraction of sp³-hybridized carbons (Fsp3) is 0.231. The molecule has 0 amide bonds. The predicted molar refractivity (Wildman–Crippen MR) is 119 cm³/mol. The maximum atomic E-state index is 15.1. The van der Waals surface area contributed by atoms with Crippen molar-refractivity contribution >= 4 is 10.8 Å². The molecule has 9 heteroatoms. The minimum Gasteiger partial charge on any atom is -0.384 e. The van der Waals surface area contributed by atoms with Gasteiger partial charge in [0.05, 0.1) is 6.61 Å². The molecular weight excluding hydrogens is 470 g/mol. The van der Waals surface area contributed by atoms with Gasteiger partial charge in [0.15, 0.2) is 5.82 Å². The second-order valence-electron chi connectivity index (χ2n) is 8.06. The van der Waals surface area contributed by atoms with Crippen LogP contribution in [-0.4, -0.2) is 23.7 Å². The van der Waals surface area contributed by atoms with Gasteiger partial charge in [-0.25, -0.2) is 23.1 Å². The number of aromatic nitrogens is 2. The van der Waals surface area contributed by atoms with Crippen LogP contribution in [0.5, 0.6) is 0 Å². The van der Waals surface area contributed by atoms with Gasteiger partial charge in [0.25, 0.3) is 0 Å². The molecule has 1 aromatic heterocycles. The number of ether oxygens (including phenoxy) is 1. The van der Waals surface area contributed by atoms with Gasteiger partial charge in [-0.05, 0) is 59.5 Å². The van der Waals surface area contributed by atoms with Gasteiger partial charge in [-0.2, -0.15) is 13.2 Å². The summed E-state index contributed by atoms with van der Waals surface area (Å²) in [5, 5.41) is 0.954. The molecule has 35 heavy (non-hydrogen) atoms. The molecule has 0 atom stereocenters. The first kappa shape index (κ1) is 24.7. The SMILES string of the molecule is COCCc1cnc(-c2ccc3c(F)c(CCc4cc(F)c(C(F)(F)F)c(F)c4)ccc3c2)nc1. The Hall–Kier alpha value is -3.46. The third-order valence-corrected chi connectivity index (χ3v) is 5.66. The highest BCUT2D eigenvalue weighted by atomic mass is 19.4. The maximum Gasteiger partial charge on any atom is 0.422 e. The van der Waals surface area contributed by atoms with E-state index in [0.717, 1.165) is 5.56 Å². The third-order valence-electron chi connectivity index (χ3n) is 5.66. The van der Waals surface area contributed by atoms with Crippen LogP contribution in [-0.2, 0) is 30.2 Å². The number of hydrogen-bond donors (Lipinski definition) is 0. The van der Waals surface area contributed by atoms with E-state index < -0.39 is 29.2 Å². The van der Waals surface area contributed by atoms with Gasteiger partial charge in [-0.3, -0.25) is 0 Å². The molecule has 4 aromatic rings. The van der Waals surface area contributed by atoms with Gasteiger partial charge < -0.3 is 4.74 Å². The minimum atomic E-state index is -5.13. The van der Waals surface area contributed by atoms with E-state index in [4.69, 9.17) is 4.74 Å². The van der Waals surface area contributed by atoms with Crippen LogP contribution in [0, 0.1) is 17.5 Å². The smallest absolute Gasteiger partial charge is 0.384 e. The van der Waals surface area contributed by atoms with Crippen molar-refractivity contribution in [3.63, 3.8) is 0 Å². The number of nitrogens with zero attached hydrogens (tertiary/aromatic N) is 2. The highest BCUT2D eigenvalue weighted by molar-refractivity contribution is 5.87. The Kier molecular flexibility index (Phi) is 7.07. The van der Waals surface area contributed by atoms with Crippen LogP contribution >= 0.6 is 0 Å². The molecule has 0 radical (unpaired) electrons. The summed E-state index contributed by atoms with van der Waals surface area (Å²) in [4.78, 5) is 8.71. The van der Waals surface area contributed by atoms with Gasteiger partial charge in [0.2, 0.25) is 0 Å². The molecule has 1 heterocycles. The summed E-state index contributed by atoms with van der Waals surface area (Å²) in [6.45, 7) is 0.559. The van der Waals surface area contributed by atoms with Gasteiger partial charge in [0.1, 0.15) is 23.0 Å². The lowest BCUT2D eigenvalue weighted by atomic mass is 9.98.